The van der Waals surface area contributed by atoms with Crippen molar-refractivity contribution in [2.45, 2.75) is 30.2 Å². The van der Waals surface area contributed by atoms with Gasteiger partial charge in [0.2, 0.25) is 0 Å². The Balaban J connectivity index is 1.80. The lowest BCUT2D eigenvalue weighted by Crippen LogP contribution is -2.31. The Morgan fingerprint density at radius 1 is 1.13 bits per heavy atom. The summed E-state index contributed by atoms with van der Waals surface area (Å²) in [5.74, 6) is -0.983. The lowest BCUT2D eigenvalue weighted by Gasteiger charge is -2.23. The molecule has 0 spiro atoms. The van der Waals surface area contributed by atoms with E-state index in [-0.39, 0.29) is 23.2 Å². The summed E-state index contributed by atoms with van der Waals surface area (Å²) in [5.41, 5.74) is 0.758. The molecule has 1 aromatic heterocycles. The number of ether oxygens (including phenoxy) is 2. The number of nitrogens with zero attached hydrogens (tertiary/aromatic N) is 2. The first-order chi connectivity index (χ1) is 14.8. The molecule has 1 fully saturated rings. The standard InChI is InChI=1S/C21H20F2N2O4S2/c1-28-15-6-5-14(19(9-15)29-2)12-25(21-24-7-8-30-21)31(26,27)20-10-16(13-3-4-13)17(22)11-18(20)23/h5-11,13H,3-4,12H2,1-2H3. The van der Waals surface area contributed by atoms with Crippen LogP contribution < -0.4 is 13.8 Å². The Morgan fingerprint density at radius 3 is 2.52 bits per heavy atom. The first kappa shape index (κ1) is 21.5. The molecule has 0 atom stereocenters. The maximum Gasteiger partial charge on any atom is 0.269 e. The Morgan fingerprint density at radius 2 is 1.90 bits per heavy atom. The summed E-state index contributed by atoms with van der Waals surface area (Å²) in [7, 11) is -1.42. The van der Waals surface area contributed by atoms with E-state index in [1.165, 1.54) is 20.4 Å². The molecule has 6 nitrogen and oxygen atoms in total. The third kappa shape index (κ3) is 4.22. The Bertz CT molecular complexity index is 1200. The second-order valence-electron chi connectivity index (χ2n) is 7.08. The maximum absolute atomic E-state index is 14.7. The second kappa shape index (κ2) is 8.43. The summed E-state index contributed by atoms with van der Waals surface area (Å²) in [6.07, 6.45) is 2.97. The van der Waals surface area contributed by atoms with Crippen LogP contribution in [0.1, 0.15) is 29.9 Å². The smallest absolute Gasteiger partial charge is 0.269 e. The van der Waals surface area contributed by atoms with Gasteiger partial charge in [-0.1, -0.05) is 0 Å². The summed E-state index contributed by atoms with van der Waals surface area (Å²) in [4.78, 5) is 3.54. The molecule has 31 heavy (non-hydrogen) atoms. The Hall–Kier alpha value is -2.72. The van der Waals surface area contributed by atoms with Crippen LogP contribution in [-0.2, 0) is 16.6 Å². The number of hydrogen-bond donors (Lipinski definition) is 0. The number of methoxy groups -OCH3 is 2. The van der Waals surface area contributed by atoms with Crippen molar-refractivity contribution in [1.29, 1.82) is 0 Å². The molecule has 0 saturated heterocycles. The molecule has 10 heteroatoms. The van der Waals surface area contributed by atoms with Gasteiger partial charge < -0.3 is 9.47 Å². The van der Waals surface area contributed by atoms with Gasteiger partial charge in [-0.05, 0) is 42.5 Å². The number of anilines is 1. The lowest BCUT2D eigenvalue weighted by atomic mass is 10.1. The van der Waals surface area contributed by atoms with Crippen molar-refractivity contribution in [2.75, 3.05) is 18.5 Å². The molecule has 0 N–H and O–H groups in total. The average Bonchev–Trinajstić information content (AvgIpc) is 3.45. The summed E-state index contributed by atoms with van der Waals surface area (Å²) < 4.78 is 67.6. The summed E-state index contributed by atoms with van der Waals surface area (Å²) >= 11 is 1.10. The van der Waals surface area contributed by atoms with Crippen LogP contribution in [0.4, 0.5) is 13.9 Å². The molecule has 0 radical (unpaired) electrons. The van der Waals surface area contributed by atoms with Gasteiger partial charge in [-0.3, -0.25) is 0 Å². The van der Waals surface area contributed by atoms with Crippen molar-refractivity contribution in [1.82, 2.24) is 4.98 Å². The minimum absolute atomic E-state index is 0.0791. The van der Waals surface area contributed by atoms with Crippen LogP contribution >= 0.6 is 11.3 Å². The highest BCUT2D eigenvalue weighted by Crippen LogP contribution is 2.43. The molecule has 1 aliphatic rings. The highest BCUT2D eigenvalue weighted by Gasteiger charge is 2.34. The maximum atomic E-state index is 14.7. The minimum Gasteiger partial charge on any atom is -0.497 e. The van der Waals surface area contributed by atoms with Gasteiger partial charge in [0.15, 0.2) is 5.13 Å². The number of thiazole rings is 1. The van der Waals surface area contributed by atoms with E-state index in [1.54, 1.807) is 23.6 Å². The topological polar surface area (TPSA) is 68.7 Å². The van der Waals surface area contributed by atoms with Crippen LogP contribution in [0.25, 0.3) is 0 Å². The van der Waals surface area contributed by atoms with Crippen LogP contribution in [0.5, 0.6) is 11.5 Å². The molecular formula is C21H20F2N2O4S2. The van der Waals surface area contributed by atoms with Gasteiger partial charge in [0.25, 0.3) is 10.0 Å². The van der Waals surface area contributed by atoms with Crippen molar-refractivity contribution in [3.05, 3.63) is 64.7 Å². The molecule has 0 amide bonds. The molecule has 164 valence electrons. The van der Waals surface area contributed by atoms with Gasteiger partial charge >= 0.3 is 0 Å². The largest absolute Gasteiger partial charge is 0.497 e. The summed E-state index contributed by atoms with van der Waals surface area (Å²) in [6, 6.07) is 6.74. The van der Waals surface area contributed by atoms with E-state index in [1.807, 2.05) is 0 Å². The third-order valence-electron chi connectivity index (χ3n) is 5.08. The number of sulfonamides is 1. The van der Waals surface area contributed by atoms with Gasteiger partial charge in [0, 0.05) is 29.3 Å². The predicted octanol–water partition coefficient (Wildman–Crippen LogP) is 4.71. The number of aromatic nitrogens is 1. The first-order valence-electron chi connectivity index (χ1n) is 9.47. The highest BCUT2D eigenvalue weighted by atomic mass is 32.2. The number of hydrogen-bond acceptors (Lipinski definition) is 6. The molecule has 3 aromatic rings. The zero-order valence-electron chi connectivity index (χ0n) is 16.8. The van der Waals surface area contributed by atoms with Gasteiger partial charge in [-0.25, -0.2) is 26.5 Å². The minimum atomic E-state index is -4.39. The van der Waals surface area contributed by atoms with Gasteiger partial charge in [0.1, 0.15) is 28.0 Å². The van der Waals surface area contributed by atoms with Crippen molar-refractivity contribution >= 4 is 26.5 Å². The van der Waals surface area contributed by atoms with Gasteiger partial charge in [0.05, 0.1) is 20.8 Å². The molecule has 2 aromatic carbocycles. The van der Waals surface area contributed by atoms with Crippen molar-refractivity contribution in [3.63, 3.8) is 0 Å². The van der Waals surface area contributed by atoms with Crippen LogP contribution in [0.2, 0.25) is 0 Å². The fourth-order valence-electron chi connectivity index (χ4n) is 3.30. The van der Waals surface area contributed by atoms with Crippen molar-refractivity contribution in [2.24, 2.45) is 0 Å². The van der Waals surface area contributed by atoms with E-state index in [0.717, 1.165) is 34.6 Å². The number of benzene rings is 2. The van der Waals surface area contributed by atoms with Crippen LogP contribution in [0.3, 0.4) is 0 Å². The van der Waals surface area contributed by atoms with E-state index in [2.05, 4.69) is 4.98 Å². The van der Waals surface area contributed by atoms with Crippen LogP contribution in [0, 0.1) is 11.6 Å². The number of halogens is 2. The molecule has 1 heterocycles. The van der Waals surface area contributed by atoms with E-state index in [9.17, 15) is 17.2 Å². The molecule has 1 saturated carbocycles. The summed E-state index contributed by atoms with van der Waals surface area (Å²) in [5, 5.41) is 1.79. The van der Waals surface area contributed by atoms with Gasteiger partial charge in [-0.15, -0.1) is 11.3 Å². The van der Waals surface area contributed by atoms with Crippen LogP contribution in [0.15, 0.2) is 46.8 Å². The van der Waals surface area contributed by atoms with Crippen molar-refractivity contribution in [3.8, 4) is 11.5 Å². The van der Waals surface area contributed by atoms with E-state index >= 15 is 0 Å². The number of rotatable bonds is 8. The zero-order chi connectivity index (χ0) is 22.2. The molecule has 1 aliphatic carbocycles. The fraction of sp³-hybridized carbons (Fsp3) is 0.286. The second-order valence-corrected chi connectivity index (χ2v) is 9.79. The quantitative estimate of drug-likeness (QED) is 0.481. The Labute approximate surface area is 183 Å². The first-order valence-corrected chi connectivity index (χ1v) is 11.8. The monoisotopic (exact) mass is 466 g/mol. The zero-order valence-corrected chi connectivity index (χ0v) is 18.5. The molecule has 0 unspecified atom stereocenters. The van der Waals surface area contributed by atoms with Gasteiger partial charge in [-0.2, -0.15) is 0 Å². The Kier molecular flexibility index (Phi) is 5.85. The molecule has 0 aliphatic heterocycles. The van der Waals surface area contributed by atoms with Crippen LogP contribution in [-0.4, -0.2) is 27.6 Å². The van der Waals surface area contributed by atoms with Crippen molar-refractivity contribution < 1.29 is 26.7 Å². The van der Waals surface area contributed by atoms with E-state index in [4.69, 9.17) is 9.47 Å². The van der Waals surface area contributed by atoms with E-state index < -0.39 is 26.6 Å². The average molecular weight is 467 g/mol. The molecular weight excluding hydrogens is 446 g/mol. The SMILES string of the molecule is COc1ccc(CN(c2nccs2)S(=O)(=O)c2cc(C3CC3)c(F)cc2F)c(OC)c1. The normalized spacial score (nSPS) is 13.8. The third-order valence-corrected chi connectivity index (χ3v) is 7.74. The summed E-state index contributed by atoms with van der Waals surface area (Å²) in [6.45, 7) is -0.154. The molecule has 0 bridgehead atoms. The predicted molar refractivity (Wildman–Crippen MR) is 113 cm³/mol. The molecule has 4 rings (SSSR count). The highest BCUT2D eigenvalue weighted by molar-refractivity contribution is 7.93. The lowest BCUT2D eigenvalue weighted by molar-refractivity contribution is 0.391. The fourth-order valence-corrected chi connectivity index (χ4v) is 5.65. The van der Waals surface area contributed by atoms with E-state index in [0.29, 0.717) is 23.1 Å².